The van der Waals surface area contributed by atoms with E-state index in [2.05, 4.69) is 10.1 Å². The fourth-order valence-corrected chi connectivity index (χ4v) is 2.30. The van der Waals surface area contributed by atoms with Gasteiger partial charge >= 0.3 is 5.97 Å². The second-order valence-electron chi connectivity index (χ2n) is 4.64. The minimum absolute atomic E-state index is 0.247. The van der Waals surface area contributed by atoms with Gasteiger partial charge in [0.15, 0.2) is 5.65 Å². The van der Waals surface area contributed by atoms with Crippen LogP contribution >= 0.6 is 0 Å². The molecule has 0 amide bonds. The third kappa shape index (κ3) is 2.20. The van der Waals surface area contributed by atoms with Crippen LogP contribution in [0.2, 0.25) is 0 Å². The number of nitrogen functional groups attached to an aromatic ring is 1. The van der Waals surface area contributed by atoms with Crippen LogP contribution in [0.5, 0.6) is 0 Å². The highest BCUT2D eigenvalue weighted by molar-refractivity contribution is 5.90. The molecule has 0 atom stereocenters. The summed E-state index contributed by atoms with van der Waals surface area (Å²) in [5, 5.41) is 4.17. The number of methoxy groups -OCH3 is 1. The Morgan fingerprint density at radius 3 is 2.57 bits per heavy atom. The number of hydrogen-bond acceptors (Lipinski definition) is 5. The van der Waals surface area contributed by atoms with Crippen LogP contribution in [0.25, 0.3) is 16.8 Å². The van der Waals surface area contributed by atoms with Crippen molar-refractivity contribution in [2.24, 2.45) is 0 Å². The highest BCUT2D eigenvalue weighted by Crippen LogP contribution is 2.24. The topological polar surface area (TPSA) is 82.5 Å². The third-order valence-electron chi connectivity index (χ3n) is 3.37. The normalized spacial score (nSPS) is 10.8. The van der Waals surface area contributed by atoms with Gasteiger partial charge in [-0.1, -0.05) is 12.1 Å². The molecule has 0 fully saturated rings. The molecule has 1 aromatic carbocycles. The number of fused-ring (bicyclic) bond motifs is 1. The standard InChI is InChI=1S/C15H14N4O2/c1-9-12(7-8-13-17-15(16)18-19(9)13)10-3-5-11(6-4-10)14(20)21-2/h3-8H,1-2H3,(H2,16,18). The first-order valence-electron chi connectivity index (χ1n) is 6.41. The summed E-state index contributed by atoms with van der Waals surface area (Å²) < 4.78 is 6.40. The Bertz CT molecular complexity index is 822. The molecule has 106 valence electrons. The lowest BCUT2D eigenvalue weighted by atomic mass is 10.0. The predicted octanol–water partition coefficient (Wildman–Crippen LogP) is 2.07. The molecular weight excluding hydrogens is 268 g/mol. The second-order valence-corrected chi connectivity index (χ2v) is 4.64. The average Bonchev–Trinajstić information content (AvgIpc) is 2.89. The van der Waals surface area contributed by atoms with Crippen molar-refractivity contribution in [1.82, 2.24) is 14.6 Å². The molecule has 0 spiro atoms. The SMILES string of the molecule is COC(=O)c1ccc(-c2ccc3nc(N)nn3c2C)cc1. The average molecular weight is 282 g/mol. The number of carbonyl (C=O) groups is 1. The zero-order valence-corrected chi connectivity index (χ0v) is 11.7. The fourth-order valence-electron chi connectivity index (χ4n) is 2.30. The van der Waals surface area contributed by atoms with Gasteiger partial charge in [-0.25, -0.2) is 9.31 Å². The number of nitrogens with two attached hydrogens (primary N) is 1. The summed E-state index contributed by atoms with van der Waals surface area (Å²) in [4.78, 5) is 15.6. The van der Waals surface area contributed by atoms with Crippen molar-refractivity contribution in [1.29, 1.82) is 0 Å². The van der Waals surface area contributed by atoms with Crippen molar-refractivity contribution in [3.63, 3.8) is 0 Å². The number of aryl methyl sites for hydroxylation is 1. The van der Waals surface area contributed by atoms with Crippen molar-refractivity contribution in [3.8, 4) is 11.1 Å². The van der Waals surface area contributed by atoms with E-state index >= 15 is 0 Å². The Labute approximate surface area is 121 Å². The van der Waals surface area contributed by atoms with Crippen LogP contribution < -0.4 is 5.73 Å². The Morgan fingerprint density at radius 2 is 1.90 bits per heavy atom. The van der Waals surface area contributed by atoms with Gasteiger partial charge in [-0.05, 0) is 36.8 Å². The van der Waals surface area contributed by atoms with Crippen molar-refractivity contribution in [2.45, 2.75) is 6.92 Å². The molecule has 3 aromatic rings. The van der Waals surface area contributed by atoms with Crippen molar-refractivity contribution in [3.05, 3.63) is 47.7 Å². The first kappa shape index (κ1) is 13.1. The molecule has 0 radical (unpaired) electrons. The second kappa shape index (κ2) is 4.90. The Morgan fingerprint density at radius 1 is 1.19 bits per heavy atom. The highest BCUT2D eigenvalue weighted by Gasteiger charge is 2.10. The smallest absolute Gasteiger partial charge is 0.337 e. The van der Waals surface area contributed by atoms with Crippen LogP contribution in [0.1, 0.15) is 16.1 Å². The van der Waals surface area contributed by atoms with Gasteiger partial charge in [-0.2, -0.15) is 4.98 Å². The first-order valence-corrected chi connectivity index (χ1v) is 6.41. The molecule has 0 aliphatic heterocycles. The molecule has 3 rings (SSSR count). The Balaban J connectivity index is 2.07. The van der Waals surface area contributed by atoms with Crippen LogP contribution in [0.3, 0.4) is 0 Å². The van der Waals surface area contributed by atoms with Gasteiger partial charge in [-0.3, -0.25) is 0 Å². The van der Waals surface area contributed by atoms with Gasteiger partial charge in [0.1, 0.15) is 0 Å². The van der Waals surface area contributed by atoms with E-state index in [0.717, 1.165) is 16.8 Å². The highest BCUT2D eigenvalue weighted by atomic mass is 16.5. The van der Waals surface area contributed by atoms with Crippen LogP contribution in [-0.4, -0.2) is 27.7 Å². The molecule has 0 saturated carbocycles. The minimum Gasteiger partial charge on any atom is -0.465 e. The number of ether oxygens (including phenoxy) is 1. The summed E-state index contributed by atoms with van der Waals surface area (Å²) in [6.07, 6.45) is 0. The van der Waals surface area contributed by atoms with E-state index in [4.69, 9.17) is 10.5 Å². The lowest BCUT2D eigenvalue weighted by Gasteiger charge is -2.08. The van der Waals surface area contributed by atoms with Crippen molar-refractivity contribution >= 4 is 17.6 Å². The van der Waals surface area contributed by atoms with Crippen LogP contribution in [-0.2, 0) is 4.74 Å². The molecule has 0 aliphatic rings. The quantitative estimate of drug-likeness (QED) is 0.727. The molecule has 6 heteroatoms. The fraction of sp³-hybridized carbons (Fsp3) is 0.133. The van der Waals surface area contributed by atoms with Crippen LogP contribution in [0.15, 0.2) is 36.4 Å². The Hall–Kier alpha value is -2.89. The van der Waals surface area contributed by atoms with Gasteiger partial charge in [0.25, 0.3) is 0 Å². The number of carbonyl (C=O) groups excluding carboxylic acids is 1. The maximum Gasteiger partial charge on any atom is 0.337 e. The van der Waals surface area contributed by atoms with Gasteiger partial charge in [0, 0.05) is 11.3 Å². The molecular formula is C15H14N4O2. The molecule has 2 aromatic heterocycles. The molecule has 2 N–H and O–H groups in total. The summed E-state index contributed by atoms with van der Waals surface area (Å²) in [7, 11) is 1.36. The number of anilines is 1. The summed E-state index contributed by atoms with van der Waals surface area (Å²) in [6.45, 7) is 1.95. The van der Waals surface area contributed by atoms with Crippen LogP contribution in [0, 0.1) is 6.92 Å². The summed E-state index contributed by atoms with van der Waals surface area (Å²) in [5.41, 5.74) is 9.77. The number of hydrogen-bond donors (Lipinski definition) is 1. The largest absolute Gasteiger partial charge is 0.465 e. The van der Waals surface area contributed by atoms with Gasteiger partial charge in [0.05, 0.1) is 12.7 Å². The number of benzene rings is 1. The molecule has 6 nitrogen and oxygen atoms in total. The number of nitrogens with zero attached hydrogens (tertiary/aromatic N) is 3. The first-order chi connectivity index (χ1) is 10.1. The molecule has 21 heavy (non-hydrogen) atoms. The zero-order chi connectivity index (χ0) is 15.0. The molecule has 0 aliphatic carbocycles. The lowest BCUT2D eigenvalue weighted by Crippen LogP contribution is -2.01. The van der Waals surface area contributed by atoms with E-state index in [0.29, 0.717) is 11.2 Å². The third-order valence-corrected chi connectivity index (χ3v) is 3.37. The van der Waals surface area contributed by atoms with Crippen molar-refractivity contribution < 1.29 is 9.53 Å². The minimum atomic E-state index is -0.349. The maximum absolute atomic E-state index is 11.4. The monoisotopic (exact) mass is 282 g/mol. The van der Waals surface area contributed by atoms with Gasteiger partial charge in [-0.15, -0.1) is 5.10 Å². The number of esters is 1. The predicted molar refractivity (Wildman–Crippen MR) is 78.9 cm³/mol. The number of pyridine rings is 1. The van der Waals surface area contributed by atoms with E-state index in [1.165, 1.54) is 7.11 Å². The Kier molecular flexibility index (Phi) is 3.06. The lowest BCUT2D eigenvalue weighted by molar-refractivity contribution is 0.0601. The molecule has 0 bridgehead atoms. The summed E-state index contributed by atoms with van der Waals surface area (Å²) >= 11 is 0. The van der Waals surface area contributed by atoms with E-state index in [9.17, 15) is 4.79 Å². The molecule has 0 saturated heterocycles. The van der Waals surface area contributed by atoms with E-state index in [-0.39, 0.29) is 11.9 Å². The summed E-state index contributed by atoms with van der Waals surface area (Å²) in [6, 6.07) is 11.0. The van der Waals surface area contributed by atoms with E-state index in [1.807, 2.05) is 31.2 Å². The van der Waals surface area contributed by atoms with Gasteiger partial charge in [0.2, 0.25) is 5.95 Å². The maximum atomic E-state index is 11.4. The van der Waals surface area contributed by atoms with E-state index in [1.54, 1.807) is 16.6 Å². The number of rotatable bonds is 2. The zero-order valence-electron chi connectivity index (χ0n) is 11.7. The van der Waals surface area contributed by atoms with E-state index < -0.39 is 0 Å². The molecule has 2 heterocycles. The van der Waals surface area contributed by atoms with Crippen LogP contribution in [0.4, 0.5) is 5.95 Å². The van der Waals surface area contributed by atoms with Gasteiger partial charge < -0.3 is 10.5 Å². The molecule has 0 unspecified atom stereocenters. The number of aromatic nitrogens is 3. The van der Waals surface area contributed by atoms with Crippen molar-refractivity contribution in [2.75, 3.05) is 12.8 Å². The summed E-state index contributed by atoms with van der Waals surface area (Å²) in [5.74, 6) is -0.103.